The molecule has 2 N–H and O–H groups in total. The number of hydrogen-bond donors (Lipinski definition) is 1. The minimum atomic E-state index is 0.418. The van der Waals surface area contributed by atoms with Crippen molar-refractivity contribution in [3.8, 4) is 0 Å². The molecule has 1 aromatic rings. The van der Waals surface area contributed by atoms with E-state index in [0.29, 0.717) is 29.1 Å². The fraction of sp³-hybridized carbons (Fsp3) is 0.583. The average molecular weight is 257 g/mol. The van der Waals surface area contributed by atoms with E-state index in [1.54, 1.807) is 12.1 Å². The molecule has 5 heteroatoms. The number of hydrogen-bond acceptors (Lipinski definition) is 4. The number of anilines is 1. The molecule has 2 rings (SSSR count). The van der Waals surface area contributed by atoms with Crippen molar-refractivity contribution in [1.82, 2.24) is 4.98 Å². The Labute approximate surface area is 106 Å². The first-order chi connectivity index (χ1) is 8.25. The molecule has 94 valence electrons. The maximum Gasteiger partial charge on any atom is 0.123 e. The van der Waals surface area contributed by atoms with Crippen LogP contribution in [0.25, 0.3) is 0 Å². The van der Waals surface area contributed by atoms with Gasteiger partial charge in [-0.15, -0.1) is 0 Å². The van der Waals surface area contributed by atoms with E-state index in [0.717, 1.165) is 32.7 Å². The Hall–Kier alpha value is -0.840. The van der Waals surface area contributed by atoms with E-state index in [4.69, 9.17) is 26.8 Å². The lowest BCUT2D eigenvalue weighted by Gasteiger charge is -2.21. The lowest BCUT2D eigenvalue weighted by molar-refractivity contribution is 0.0151. The highest BCUT2D eigenvalue weighted by molar-refractivity contribution is 6.31. The average Bonchev–Trinajstić information content (AvgIpc) is 2.35. The summed E-state index contributed by atoms with van der Waals surface area (Å²) in [4.78, 5) is 4.15. The summed E-state index contributed by atoms with van der Waals surface area (Å²) in [6.07, 6.45) is 2.14. The molecular formula is C12H17ClN2O2. The number of pyridine rings is 1. The summed E-state index contributed by atoms with van der Waals surface area (Å²) in [6.45, 7) is 2.83. The molecular weight excluding hydrogens is 240 g/mol. The van der Waals surface area contributed by atoms with Gasteiger partial charge >= 0.3 is 0 Å². The summed E-state index contributed by atoms with van der Waals surface area (Å²) in [5, 5.41) is 0.603. The van der Waals surface area contributed by atoms with Gasteiger partial charge in [0.15, 0.2) is 0 Å². The largest absolute Gasteiger partial charge is 0.384 e. The zero-order chi connectivity index (χ0) is 12.1. The number of nitrogens with two attached hydrogens (primary N) is 1. The molecule has 0 atom stereocenters. The predicted octanol–water partition coefficient (Wildman–Crippen LogP) is 2.26. The summed E-state index contributed by atoms with van der Waals surface area (Å²) in [6, 6.07) is 3.43. The molecule has 0 saturated carbocycles. The first kappa shape index (κ1) is 12.6. The minimum Gasteiger partial charge on any atom is -0.384 e. The highest BCUT2D eigenvalue weighted by Crippen LogP contribution is 2.18. The molecule has 2 heterocycles. The van der Waals surface area contributed by atoms with E-state index >= 15 is 0 Å². The topological polar surface area (TPSA) is 57.4 Å². The van der Waals surface area contributed by atoms with Gasteiger partial charge in [-0.2, -0.15) is 0 Å². The van der Waals surface area contributed by atoms with Crippen LogP contribution in [0.15, 0.2) is 12.1 Å². The lowest BCUT2D eigenvalue weighted by atomic mass is 10.0. The van der Waals surface area contributed by atoms with Crippen LogP contribution in [0.5, 0.6) is 0 Å². The summed E-state index contributed by atoms with van der Waals surface area (Å²) in [7, 11) is 0. The fourth-order valence-electron chi connectivity index (χ4n) is 1.84. The molecule has 1 aromatic heterocycles. The third-order valence-corrected chi connectivity index (χ3v) is 3.22. The van der Waals surface area contributed by atoms with Gasteiger partial charge in [-0.1, -0.05) is 11.6 Å². The van der Waals surface area contributed by atoms with Crippen LogP contribution in [0.3, 0.4) is 0 Å². The van der Waals surface area contributed by atoms with E-state index in [-0.39, 0.29) is 0 Å². The standard InChI is InChI=1S/C12H17ClN2O2/c13-10-1-2-12(14)15-11(10)8-17-7-9-3-5-16-6-4-9/h1-2,9H,3-8H2,(H2,14,15). The predicted molar refractivity (Wildman–Crippen MR) is 66.9 cm³/mol. The van der Waals surface area contributed by atoms with Crippen LogP contribution in [0.2, 0.25) is 5.02 Å². The quantitative estimate of drug-likeness (QED) is 0.898. The first-order valence-electron chi connectivity index (χ1n) is 5.82. The molecule has 1 aliphatic rings. The number of rotatable bonds is 4. The van der Waals surface area contributed by atoms with Crippen molar-refractivity contribution in [2.45, 2.75) is 19.4 Å². The van der Waals surface area contributed by atoms with E-state index in [1.807, 2.05) is 0 Å². The van der Waals surface area contributed by atoms with Gasteiger partial charge in [0.05, 0.1) is 23.9 Å². The molecule has 1 aliphatic heterocycles. The monoisotopic (exact) mass is 256 g/mol. The van der Waals surface area contributed by atoms with E-state index in [2.05, 4.69) is 4.98 Å². The second kappa shape index (κ2) is 6.19. The smallest absolute Gasteiger partial charge is 0.123 e. The molecule has 0 aliphatic carbocycles. The zero-order valence-electron chi connectivity index (χ0n) is 9.69. The van der Waals surface area contributed by atoms with Crippen LogP contribution < -0.4 is 5.73 Å². The number of ether oxygens (including phenoxy) is 2. The third-order valence-electron chi connectivity index (χ3n) is 2.87. The van der Waals surface area contributed by atoms with Crippen molar-refractivity contribution < 1.29 is 9.47 Å². The Morgan fingerprint density at radius 2 is 2.18 bits per heavy atom. The van der Waals surface area contributed by atoms with Gasteiger partial charge in [0, 0.05) is 13.2 Å². The van der Waals surface area contributed by atoms with Crippen molar-refractivity contribution in [2.24, 2.45) is 5.92 Å². The van der Waals surface area contributed by atoms with Crippen molar-refractivity contribution in [1.29, 1.82) is 0 Å². The number of halogens is 1. The molecule has 0 spiro atoms. The lowest BCUT2D eigenvalue weighted by Crippen LogP contribution is -2.20. The Morgan fingerprint density at radius 1 is 1.41 bits per heavy atom. The molecule has 0 bridgehead atoms. The maximum atomic E-state index is 6.00. The normalized spacial score (nSPS) is 17.2. The van der Waals surface area contributed by atoms with Crippen molar-refractivity contribution in [3.05, 3.63) is 22.8 Å². The molecule has 0 radical (unpaired) electrons. The van der Waals surface area contributed by atoms with Gasteiger partial charge in [0.1, 0.15) is 5.82 Å². The number of aromatic nitrogens is 1. The summed E-state index contributed by atoms with van der Waals surface area (Å²) in [5.41, 5.74) is 6.31. The van der Waals surface area contributed by atoms with Crippen LogP contribution >= 0.6 is 11.6 Å². The van der Waals surface area contributed by atoms with Gasteiger partial charge < -0.3 is 15.2 Å². The molecule has 0 aromatic carbocycles. The second-order valence-corrected chi connectivity index (χ2v) is 4.64. The number of nitrogens with zero attached hydrogens (tertiary/aromatic N) is 1. The van der Waals surface area contributed by atoms with Gasteiger partial charge in [-0.05, 0) is 30.9 Å². The molecule has 17 heavy (non-hydrogen) atoms. The van der Waals surface area contributed by atoms with Crippen LogP contribution in [-0.4, -0.2) is 24.8 Å². The van der Waals surface area contributed by atoms with E-state index in [9.17, 15) is 0 Å². The van der Waals surface area contributed by atoms with Crippen LogP contribution in [0.1, 0.15) is 18.5 Å². The molecule has 1 fully saturated rings. The van der Waals surface area contributed by atoms with Crippen LogP contribution in [-0.2, 0) is 16.1 Å². The van der Waals surface area contributed by atoms with Crippen LogP contribution in [0.4, 0.5) is 5.82 Å². The number of nitrogen functional groups attached to an aromatic ring is 1. The molecule has 1 saturated heterocycles. The van der Waals surface area contributed by atoms with Gasteiger partial charge in [0.2, 0.25) is 0 Å². The highest BCUT2D eigenvalue weighted by Gasteiger charge is 2.14. The Kier molecular flexibility index (Phi) is 4.59. The van der Waals surface area contributed by atoms with Gasteiger partial charge in [-0.25, -0.2) is 4.98 Å². The third kappa shape index (κ3) is 3.84. The zero-order valence-corrected chi connectivity index (χ0v) is 10.4. The van der Waals surface area contributed by atoms with Gasteiger partial charge in [-0.3, -0.25) is 0 Å². The van der Waals surface area contributed by atoms with Crippen molar-refractivity contribution >= 4 is 17.4 Å². The Bertz CT molecular complexity index is 368. The van der Waals surface area contributed by atoms with Crippen molar-refractivity contribution in [2.75, 3.05) is 25.6 Å². The Morgan fingerprint density at radius 3 is 2.94 bits per heavy atom. The van der Waals surface area contributed by atoms with E-state index < -0.39 is 0 Å². The SMILES string of the molecule is Nc1ccc(Cl)c(COCC2CCOCC2)n1. The summed E-state index contributed by atoms with van der Waals surface area (Å²) >= 11 is 6.00. The first-order valence-corrected chi connectivity index (χ1v) is 6.20. The molecule has 4 nitrogen and oxygen atoms in total. The second-order valence-electron chi connectivity index (χ2n) is 4.24. The Balaban J connectivity index is 1.79. The van der Waals surface area contributed by atoms with Crippen molar-refractivity contribution in [3.63, 3.8) is 0 Å². The van der Waals surface area contributed by atoms with Gasteiger partial charge in [0.25, 0.3) is 0 Å². The van der Waals surface area contributed by atoms with Crippen LogP contribution in [0, 0.1) is 5.92 Å². The van der Waals surface area contributed by atoms with E-state index in [1.165, 1.54) is 0 Å². The maximum absolute atomic E-state index is 6.00. The highest BCUT2D eigenvalue weighted by atomic mass is 35.5. The summed E-state index contributed by atoms with van der Waals surface area (Å²) < 4.78 is 10.9. The minimum absolute atomic E-state index is 0.418. The fourth-order valence-corrected chi connectivity index (χ4v) is 2.00. The summed E-state index contributed by atoms with van der Waals surface area (Å²) in [5.74, 6) is 1.06. The molecule has 0 amide bonds. The molecule has 0 unspecified atom stereocenters.